The molecule has 0 bridgehead atoms. The van der Waals surface area contributed by atoms with E-state index in [4.69, 9.17) is 4.98 Å². The highest BCUT2D eigenvalue weighted by atomic mass is 32.1. The third-order valence-electron chi connectivity index (χ3n) is 3.75. The minimum absolute atomic E-state index is 0.134. The number of aliphatic hydroxyl groups is 1. The number of hydrogen-bond donors (Lipinski definition) is 1. The van der Waals surface area contributed by atoms with Gasteiger partial charge >= 0.3 is 0 Å². The lowest BCUT2D eigenvalue weighted by Gasteiger charge is -2.26. The second-order valence-corrected chi connectivity index (χ2v) is 6.06. The van der Waals surface area contributed by atoms with Gasteiger partial charge in [-0.25, -0.2) is 4.98 Å². The molecule has 18 heavy (non-hydrogen) atoms. The normalized spacial score (nSPS) is 16.4. The maximum atomic E-state index is 9.43. The molecule has 102 valence electrons. The summed E-state index contributed by atoms with van der Waals surface area (Å²) in [5.41, 5.74) is 1.11. The molecule has 0 spiro atoms. The van der Waals surface area contributed by atoms with Crippen molar-refractivity contribution in [1.29, 1.82) is 0 Å². The number of hydrogen-bond acceptors (Lipinski definition) is 4. The first-order chi connectivity index (χ1) is 8.80. The molecule has 0 saturated heterocycles. The standard InChI is InChI=1S/C14H24N2OS/c1-3-7-12-13(10-17)18-14(15-12)16(4-2)11-8-5-6-9-11/h11,17H,3-10H2,1-2H3. The lowest BCUT2D eigenvalue weighted by atomic mass is 10.2. The highest BCUT2D eigenvalue weighted by Gasteiger charge is 2.24. The molecule has 0 aliphatic heterocycles. The van der Waals surface area contributed by atoms with Gasteiger partial charge in [0.1, 0.15) is 0 Å². The number of aliphatic hydroxyl groups excluding tert-OH is 1. The van der Waals surface area contributed by atoms with Gasteiger partial charge in [-0.05, 0) is 26.2 Å². The van der Waals surface area contributed by atoms with E-state index in [0.717, 1.165) is 35.1 Å². The fraction of sp³-hybridized carbons (Fsp3) is 0.786. The molecule has 0 amide bonds. The number of anilines is 1. The Morgan fingerprint density at radius 2 is 2.06 bits per heavy atom. The summed E-state index contributed by atoms with van der Waals surface area (Å²) in [4.78, 5) is 8.27. The molecular weight excluding hydrogens is 244 g/mol. The molecule has 1 N–H and O–H groups in total. The highest BCUT2D eigenvalue weighted by molar-refractivity contribution is 7.15. The van der Waals surface area contributed by atoms with Crippen LogP contribution in [0.15, 0.2) is 0 Å². The molecule has 1 heterocycles. The van der Waals surface area contributed by atoms with Gasteiger partial charge in [-0.3, -0.25) is 0 Å². The number of aromatic nitrogens is 1. The number of nitrogens with zero attached hydrogens (tertiary/aromatic N) is 2. The first-order valence-corrected chi connectivity index (χ1v) is 7.97. The molecule has 2 rings (SSSR count). The summed E-state index contributed by atoms with van der Waals surface area (Å²) in [5.74, 6) is 0. The average Bonchev–Trinajstić information content (AvgIpc) is 3.01. The zero-order valence-electron chi connectivity index (χ0n) is 11.5. The Morgan fingerprint density at radius 3 is 2.61 bits per heavy atom. The summed E-state index contributed by atoms with van der Waals surface area (Å²) in [7, 11) is 0. The highest BCUT2D eigenvalue weighted by Crippen LogP contribution is 2.33. The van der Waals surface area contributed by atoms with E-state index in [1.807, 2.05) is 0 Å². The summed E-state index contributed by atoms with van der Waals surface area (Å²) < 4.78 is 0. The Balaban J connectivity index is 2.19. The van der Waals surface area contributed by atoms with E-state index >= 15 is 0 Å². The molecule has 4 heteroatoms. The maximum Gasteiger partial charge on any atom is 0.186 e. The van der Waals surface area contributed by atoms with Gasteiger partial charge in [-0.2, -0.15) is 0 Å². The zero-order chi connectivity index (χ0) is 13.0. The van der Waals surface area contributed by atoms with Gasteiger partial charge in [-0.15, -0.1) is 0 Å². The van der Waals surface area contributed by atoms with Crippen LogP contribution in [0, 0.1) is 0 Å². The van der Waals surface area contributed by atoms with Gasteiger partial charge in [0, 0.05) is 12.6 Å². The van der Waals surface area contributed by atoms with Crippen molar-refractivity contribution in [3.8, 4) is 0 Å². The minimum Gasteiger partial charge on any atom is -0.391 e. The summed E-state index contributed by atoms with van der Waals surface area (Å²) in [6.45, 7) is 5.52. The van der Waals surface area contributed by atoms with Crippen LogP contribution in [0.2, 0.25) is 0 Å². The SMILES string of the molecule is CCCc1nc(N(CC)C2CCCC2)sc1CO. The van der Waals surface area contributed by atoms with Crippen LogP contribution in [0.5, 0.6) is 0 Å². The van der Waals surface area contributed by atoms with Crippen LogP contribution in [-0.2, 0) is 13.0 Å². The van der Waals surface area contributed by atoms with Crippen LogP contribution >= 0.6 is 11.3 Å². The predicted molar refractivity (Wildman–Crippen MR) is 77.3 cm³/mol. The van der Waals surface area contributed by atoms with Crippen molar-refractivity contribution < 1.29 is 5.11 Å². The monoisotopic (exact) mass is 268 g/mol. The van der Waals surface area contributed by atoms with Crippen LogP contribution in [0.25, 0.3) is 0 Å². The fourth-order valence-corrected chi connectivity index (χ4v) is 3.92. The Kier molecular flexibility index (Phi) is 5.01. The van der Waals surface area contributed by atoms with Crippen LogP contribution in [-0.4, -0.2) is 22.7 Å². The van der Waals surface area contributed by atoms with E-state index in [1.54, 1.807) is 11.3 Å². The molecule has 1 aromatic rings. The number of rotatable bonds is 6. The molecule has 1 aliphatic rings. The summed E-state index contributed by atoms with van der Waals surface area (Å²) in [6.07, 6.45) is 7.36. The van der Waals surface area contributed by atoms with E-state index < -0.39 is 0 Å². The largest absolute Gasteiger partial charge is 0.391 e. The van der Waals surface area contributed by atoms with Gasteiger partial charge in [0.25, 0.3) is 0 Å². The third kappa shape index (κ3) is 2.86. The molecule has 1 saturated carbocycles. The Hall–Kier alpha value is -0.610. The summed E-state index contributed by atoms with van der Waals surface area (Å²) >= 11 is 1.68. The molecular formula is C14H24N2OS. The van der Waals surface area contributed by atoms with Crippen molar-refractivity contribution in [2.45, 2.75) is 65.0 Å². The quantitative estimate of drug-likeness (QED) is 0.859. The smallest absolute Gasteiger partial charge is 0.186 e. The first-order valence-electron chi connectivity index (χ1n) is 7.16. The van der Waals surface area contributed by atoms with Crippen LogP contribution in [0.4, 0.5) is 5.13 Å². The lowest BCUT2D eigenvalue weighted by Crippen LogP contribution is -2.32. The van der Waals surface area contributed by atoms with Crippen molar-refractivity contribution in [2.24, 2.45) is 0 Å². The Bertz CT molecular complexity index is 372. The van der Waals surface area contributed by atoms with Gasteiger partial charge in [-0.1, -0.05) is 37.5 Å². The van der Waals surface area contributed by atoms with Crippen molar-refractivity contribution in [3.05, 3.63) is 10.6 Å². The fourth-order valence-electron chi connectivity index (χ4n) is 2.81. The summed E-state index contributed by atoms with van der Waals surface area (Å²) in [6, 6.07) is 0.669. The predicted octanol–water partition coefficient (Wildman–Crippen LogP) is 3.36. The second-order valence-electron chi connectivity index (χ2n) is 5.00. The molecule has 0 unspecified atom stereocenters. The molecule has 0 atom stereocenters. The molecule has 1 fully saturated rings. The van der Waals surface area contributed by atoms with E-state index in [9.17, 15) is 5.11 Å². The molecule has 3 nitrogen and oxygen atoms in total. The molecule has 1 aliphatic carbocycles. The van der Waals surface area contributed by atoms with Gasteiger partial charge in [0.15, 0.2) is 5.13 Å². The van der Waals surface area contributed by atoms with Crippen molar-refractivity contribution in [2.75, 3.05) is 11.4 Å². The van der Waals surface area contributed by atoms with E-state index in [2.05, 4.69) is 18.7 Å². The molecule has 0 aromatic carbocycles. The topological polar surface area (TPSA) is 36.4 Å². The number of thiazole rings is 1. The van der Waals surface area contributed by atoms with Crippen LogP contribution in [0.3, 0.4) is 0 Å². The molecule has 1 aromatic heterocycles. The van der Waals surface area contributed by atoms with E-state index in [-0.39, 0.29) is 6.61 Å². The van der Waals surface area contributed by atoms with Crippen molar-refractivity contribution in [1.82, 2.24) is 4.98 Å². The maximum absolute atomic E-state index is 9.43. The average molecular weight is 268 g/mol. The second kappa shape index (κ2) is 6.53. The van der Waals surface area contributed by atoms with Gasteiger partial charge in [0.2, 0.25) is 0 Å². The van der Waals surface area contributed by atoms with Gasteiger partial charge < -0.3 is 10.0 Å². The van der Waals surface area contributed by atoms with E-state index in [0.29, 0.717) is 6.04 Å². The summed E-state index contributed by atoms with van der Waals surface area (Å²) in [5, 5.41) is 10.6. The molecule has 0 radical (unpaired) electrons. The zero-order valence-corrected chi connectivity index (χ0v) is 12.3. The van der Waals surface area contributed by atoms with Crippen LogP contribution in [0.1, 0.15) is 56.5 Å². The Labute approximate surface area is 114 Å². The van der Waals surface area contributed by atoms with Crippen molar-refractivity contribution in [3.63, 3.8) is 0 Å². The minimum atomic E-state index is 0.134. The van der Waals surface area contributed by atoms with Crippen LogP contribution < -0.4 is 4.90 Å². The first kappa shape index (κ1) is 13.8. The lowest BCUT2D eigenvalue weighted by molar-refractivity contribution is 0.284. The van der Waals surface area contributed by atoms with Crippen molar-refractivity contribution >= 4 is 16.5 Å². The van der Waals surface area contributed by atoms with Gasteiger partial charge in [0.05, 0.1) is 17.2 Å². The van der Waals surface area contributed by atoms with E-state index in [1.165, 1.54) is 25.7 Å². The third-order valence-corrected chi connectivity index (χ3v) is 4.87. The number of aryl methyl sites for hydroxylation is 1. The Morgan fingerprint density at radius 1 is 1.33 bits per heavy atom.